The van der Waals surface area contributed by atoms with Crippen LogP contribution < -0.4 is 15.4 Å². The van der Waals surface area contributed by atoms with E-state index in [4.69, 9.17) is 9.84 Å². The van der Waals surface area contributed by atoms with Gasteiger partial charge in [-0.25, -0.2) is 9.59 Å². The highest BCUT2D eigenvalue weighted by Crippen LogP contribution is 2.18. The number of thiol groups is 1. The van der Waals surface area contributed by atoms with Crippen LogP contribution in [-0.2, 0) is 4.79 Å². The summed E-state index contributed by atoms with van der Waals surface area (Å²) in [5.74, 6) is -0.481. The van der Waals surface area contributed by atoms with Crippen LogP contribution in [0.1, 0.15) is 13.8 Å². The number of anilines is 1. The van der Waals surface area contributed by atoms with Gasteiger partial charge < -0.3 is 20.5 Å². The fourth-order valence-electron chi connectivity index (χ4n) is 1.51. The molecule has 0 radical (unpaired) electrons. The number of methoxy groups -OCH3 is 1. The summed E-state index contributed by atoms with van der Waals surface area (Å²) in [6, 6.07) is 4.97. The first-order valence-electron chi connectivity index (χ1n) is 5.91. The van der Waals surface area contributed by atoms with Gasteiger partial charge in [0, 0.05) is 10.4 Å². The number of carboxylic acid groups (broad SMARTS) is 1. The van der Waals surface area contributed by atoms with Crippen LogP contribution in [0.2, 0.25) is 0 Å². The molecule has 0 aliphatic heterocycles. The van der Waals surface area contributed by atoms with Crippen molar-refractivity contribution in [1.82, 2.24) is 5.32 Å². The zero-order chi connectivity index (χ0) is 15.3. The molecule has 0 aliphatic carbocycles. The number of benzene rings is 1. The molecule has 1 atom stereocenters. The molecule has 1 unspecified atom stereocenters. The number of carbonyl (C=O) groups excluding carboxylic acids is 1. The highest BCUT2D eigenvalue weighted by Gasteiger charge is 2.33. The molecule has 0 heterocycles. The Morgan fingerprint density at radius 3 is 2.25 bits per heavy atom. The van der Waals surface area contributed by atoms with Crippen LogP contribution >= 0.6 is 12.6 Å². The van der Waals surface area contributed by atoms with E-state index < -0.39 is 22.8 Å². The van der Waals surface area contributed by atoms with Gasteiger partial charge in [0.05, 0.1) is 7.11 Å². The molecule has 6 nitrogen and oxygen atoms in total. The Morgan fingerprint density at radius 2 is 1.85 bits per heavy atom. The van der Waals surface area contributed by atoms with Crippen LogP contribution in [0.25, 0.3) is 0 Å². The van der Waals surface area contributed by atoms with Crippen molar-refractivity contribution >= 4 is 30.3 Å². The van der Waals surface area contributed by atoms with Crippen LogP contribution in [0.4, 0.5) is 10.5 Å². The molecule has 7 heteroatoms. The molecule has 0 saturated carbocycles. The summed E-state index contributed by atoms with van der Waals surface area (Å²) in [7, 11) is 1.54. The van der Waals surface area contributed by atoms with Crippen LogP contribution in [0.5, 0.6) is 5.75 Å². The lowest BCUT2D eigenvalue weighted by molar-refractivity contribution is -0.139. The first kappa shape index (κ1) is 16.2. The topological polar surface area (TPSA) is 87.7 Å². The molecule has 0 aromatic heterocycles. The van der Waals surface area contributed by atoms with Gasteiger partial charge in [-0.15, -0.1) is 0 Å². The second-order valence-corrected chi connectivity index (χ2v) is 5.90. The highest BCUT2D eigenvalue weighted by atomic mass is 32.1. The van der Waals surface area contributed by atoms with E-state index in [1.165, 1.54) is 0 Å². The average Bonchev–Trinajstić information content (AvgIpc) is 2.35. The molecule has 0 bridgehead atoms. The first-order chi connectivity index (χ1) is 9.24. The van der Waals surface area contributed by atoms with Crippen LogP contribution in [0, 0.1) is 0 Å². The summed E-state index contributed by atoms with van der Waals surface area (Å²) in [4.78, 5) is 22.9. The molecule has 0 saturated heterocycles. The van der Waals surface area contributed by atoms with Gasteiger partial charge in [-0.2, -0.15) is 12.6 Å². The van der Waals surface area contributed by atoms with Crippen LogP contribution in [0.3, 0.4) is 0 Å². The van der Waals surface area contributed by atoms with Crippen molar-refractivity contribution in [3.05, 3.63) is 24.3 Å². The Morgan fingerprint density at radius 1 is 1.30 bits per heavy atom. The van der Waals surface area contributed by atoms with Gasteiger partial charge >= 0.3 is 12.0 Å². The minimum absolute atomic E-state index is 0.532. The molecule has 20 heavy (non-hydrogen) atoms. The molecule has 1 aromatic rings. The Bertz CT molecular complexity index is 482. The molecule has 0 spiro atoms. The van der Waals surface area contributed by atoms with Crippen molar-refractivity contribution in [2.45, 2.75) is 24.6 Å². The third kappa shape index (κ3) is 4.65. The van der Waals surface area contributed by atoms with Gasteiger partial charge in [-0.1, -0.05) is 0 Å². The second kappa shape index (κ2) is 6.51. The molecule has 2 amide bonds. The summed E-state index contributed by atoms with van der Waals surface area (Å²) < 4.78 is 4.11. The van der Waals surface area contributed by atoms with Gasteiger partial charge in [-0.3, -0.25) is 0 Å². The molecule has 1 aromatic carbocycles. The maximum Gasteiger partial charge on any atom is 0.327 e. The lowest BCUT2D eigenvalue weighted by Gasteiger charge is -2.26. The second-order valence-electron chi connectivity index (χ2n) is 4.75. The van der Waals surface area contributed by atoms with Crippen molar-refractivity contribution in [1.29, 1.82) is 0 Å². The summed E-state index contributed by atoms with van der Waals surface area (Å²) in [6.07, 6.45) is 0. The van der Waals surface area contributed by atoms with Crippen LogP contribution in [0.15, 0.2) is 24.3 Å². The van der Waals surface area contributed by atoms with E-state index in [-0.39, 0.29) is 0 Å². The van der Waals surface area contributed by atoms with Gasteiger partial charge in [-0.05, 0) is 38.1 Å². The molecule has 110 valence electrons. The van der Waals surface area contributed by atoms with E-state index in [1.807, 2.05) is 0 Å². The predicted octanol–water partition coefficient (Wildman–Crippen LogP) is 1.98. The minimum Gasteiger partial charge on any atom is -0.497 e. The number of hydrogen-bond donors (Lipinski definition) is 4. The number of carboxylic acids is 1. The van der Waals surface area contributed by atoms with E-state index in [2.05, 4.69) is 23.3 Å². The van der Waals surface area contributed by atoms with Gasteiger partial charge in [0.1, 0.15) is 11.8 Å². The molecule has 0 fully saturated rings. The number of urea groups is 1. The third-order valence-electron chi connectivity index (χ3n) is 2.58. The van der Waals surface area contributed by atoms with E-state index in [1.54, 1.807) is 45.2 Å². The SMILES string of the molecule is COc1ccc(NC(=O)NC(C(=O)O)C(C)(C)S)cc1. The van der Waals surface area contributed by atoms with E-state index >= 15 is 0 Å². The number of hydrogen-bond acceptors (Lipinski definition) is 4. The lowest BCUT2D eigenvalue weighted by Crippen LogP contribution is -2.52. The molecule has 3 N–H and O–H groups in total. The van der Waals surface area contributed by atoms with Crippen molar-refractivity contribution in [3.8, 4) is 5.75 Å². The summed E-state index contributed by atoms with van der Waals surface area (Å²) in [5, 5.41) is 14.0. The largest absolute Gasteiger partial charge is 0.497 e. The zero-order valence-electron chi connectivity index (χ0n) is 11.5. The van der Waals surface area contributed by atoms with Crippen molar-refractivity contribution in [2.75, 3.05) is 12.4 Å². The standard InChI is InChI=1S/C13H18N2O4S/c1-13(2,20)10(11(16)17)15-12(18)14-8-4-6-9(19-3)7-5-8/h4-7,10,20H,1-3H3,(H,16,17)(H2,14,15,18). The quantitative estimate of drug-likeness (QED) is 0.626. The van der Waals surface area contributed by atoms with Gasteiger partial charge in [0.2, 0.25) is 0 Å². The van der Waals surface area contributed by atoms with Crippen LogP contribution in [-0.4, -0.2) is 35.0 Å². The summed E-state index contributed by atoms with van der Waals surface area (Å²) >= 11 is 4.18. The minimum atomic E-state index is -1.14. The van der Waals surface area contributed by atoms with E-state index in [9.17, 15) is 9.59 Å². The lowest BCUT2D eigenvalue weighted by atomic mass is 10.0. The number of amides is 2. The highest BCUT2D eigenvalue weighted by molar-refractivity contribution is 7.81. The van der Waals surface area contributed by atoms with Gasteiger partial charge in [0.25, 0.3) is 0 Å². The van der Waals surface area contributed by atoms with Crippen molar-refractivity contribution < 1.29 is 19.4 Å². The summed E-state index contributed by atoms with van der Waals surface area (Å²) in [6.45, 7) is 3.23. The Balaban J connectivity index is 2.68. The molecule has 0 aliphatic rings. The number of aliphatic carboxylic acids is 1. The van der Waals surface area contributed by atoms with Crippen molar-refractivity contribution in [3.63, 3.8) is 0 Å². The molecular weight excluding hydrogens is 280 g/mol. The number of rotatable bonds is 5. The Kier molecular flexibility index (Phi) is 5.26. The molecular formula is C13H18N2O4S. The van der Waals surface area contributed by atoms with E-state index in [0.29, 0.717) is 11.4 Å². The summed E-state index contributed by atoms with van der Waals surface area (Å²) in [5.41, 5.74) is 0.532. The van der Waals surface area contributed by atoms with E-state index in [0.717, 1.165) is 0 Å². The maximum absolute atomic E-state index is 11.8. The maximum atomic E-state index is 11.8. The average molecular weight is 298 g/mol. The first-order valence-corrected chi connectivity index (χ1v) is 6.35. The van der Waals surface area contributed by atoms with Crippen molar-refractivity contribution in [2.24, 2.45) is 0 Å². The Hall–Kier alpha value is -1.89. The fraction of sp³-hybridized carbons (Fsp3) is 0.385. The normalized spacial score (nSPS) is 12.4. The zero-order valence-corrected chi connectivity index (χ0v) is 12.4. The Labute approximate surface area is 122 Å². The van der Waals surface area contributed by atoms with Gasteiger partial charge in [0.15, 0.2) is 0 Å². The number of ether oxygens (including phenoxy) is 1. The smallest absolute Gasteiger partial charge is 0.327 e. The number of nitrogens with one attached hydrogen (secondary N) is 2. The predicted molar refractivity (Wildman–Crippen MR) is 79.6 cm³/mol. The monoisotopic (exact) mass is 298 g/mol. The fourth-order valence-corrected chi connectivity index (χ4v) is 1.69. The third-order valence-corrected chi connectivity index (χ3v) is 2.83. The molecule has 1 rings (SSSR count). The number of carbonyl (C=O) groups is 2.